The van der Waals surface area contributed by atoms with Gasteiger partial charge in [-0.3, -0.25) is 4.79 Å². The van der Waals surface area contributed by atoms with Gasteiger partial charge in [-0.1, -0.05) is 43.7 Å². The molecule has 1 aliphatic carbocycles. The standard InChI is InChI=1S/C13H16O2/c1-2-11-8-12(11)13(14)15-9-10-6-4-3-5-7-10/h3-7,11-12H,2,8-9H2,1H3/t11-,12+/m1/s1. The molecular formula is C13H16O2. The van der Waals surface area contributed by atoms with E-state index in [0.717, 1.165) is 18.4 Å². The smallest absolute Gasteiger partial charge is 0.309 e. The molecule has 1 fully saturated rings. The maximum absolute atomic E-state index is 11.5. The molecule has 0 unspecified atom stereocenters. The van der Waals surface area contributed by atoms with E-state index in [1.807, 2.05) is 30.3 Å². The highest BCUT2D eigenvalue weighted by Crippen LogP contribution is 2.41. The Balaban J connectivity index is 1.77. The molecule has 1 aliphatic rings. The van der Waals surface area contributed by atoms with E-state index in [2.05, 4.69) is 6.92 Å². The number of carbonyl (C=O) groups is 1. The van der Waals surface area contributed by atoms with E-state index in [9.17, 15) is 4.79 Å². The molecule has 0 amide bonds. The molecule has 0 N–H and O–H groups in total. The van der Waals surface area contributed by atoms with Gasteiger partial charge in [-0.15, -0.1) is 0 Å². The summed E-state index contributed by atoms with van der Waals surface area (Å²) in [5, 5.41) is 0. The normalized spacial score (nSPS) is 23.5. The Morgan fingerprint density at radius 2 is 2.13 bits per heavy atom. The van der Waals surface area contributed by atoms with Crippen molar-refractivity contribution in [1.82, 2.24) is 0 Å². The summed E-state index contributed by atoms with van der Waals surface area (Å²) in [6.07, 6.45) is 2.11. The Labute approximate surface area is 90.3 Å². The van der Waals surface area contributed by atoms with Crippen molar-refractivity contribution in [3.63, 3.8) is 0 Å². The molecule has 2 atom stereocenters. The van der Waals surface area contributed by atoms with Crippen molar-refractivity contribution in [3.8, 4) is 0 Å². The summed E-state index contributed by atoms with van der Waals surface area (Å²) in [6.45, 7) is 2.53. The van der Waals surface area contributed by atoms with Crippen LogP contribution in [0.5, 0.6) is 0 Å². The van der Waals surface area contributed by atoms with Crippen LogP contribution in [0.4, 0.5) is 0 Å². The lowest BCUT2D eigenvalue weighted by atomic mass is 10.2. The highest BCUT2D eigenvalue weighted by atomic mass is 16.5. The quantitative estimate of drug-likeness (QED) is 0.705. The first-order chi connectivity index (χ1) is 7.31. The van der Waals surface area contributed by atoms with Gasteiger partial charge < -0.3 is 4.74 Å². The summed E-state index contributed by atoms with van der Waals surface area (Å²) in [5.74, 6) is 0.734. The summed E-state index contributed by atoms with van der Waals surface area (Å²) in [4.78, 5) is 11.5. The molecule has 1 aromatic rings. The molecule has 0 spiro atoms. The Hall–Kier alpha value is -1.31. The molecule has 1 aromatic carbocycles. The fourth-order valence-electron chi connectivity index (χ4n) is 1.82. The van der Waals surface area contributed by atoms with Crippen molar-refractivity contribution >= 4 is 5.97 Å². The van der Waals surface area contributed by atoms with Crippen LogP contribution in [0.3, 0.4) is 0 Å². The number of carbonyl (C=O) groups excluding carboxylic acids is 1. The molecule has 0 saturated heterocycles. The van der Waals surface area contributed by atoms with Crippen LogP contribution in [0.1, 0.15) is 25.3 Å². The van der Waals surface area contributed by atoms with Crippen LogP contribution in [0.2, 0.25) is 0 Å². The highest BCUT2D eigenvalue weighted by molar-refractivity contribution is 5.75. The lowest BCUT2D eigenvalue weighted by Gasteiger charge is -2.03. The zero-order chi connectivity index (χ0) is 10.7. The SMILES string of the molecule is CC[C@@H]1C[C@@H]1C(=O)OCc1ccccc1. The van der Waals surface area contributed by atoms with Crippen molar-refractivity contribution in [2.24, 2.45) is 11.8 Å². The van der Waals surface area contributed by atoms with E-state index in [-0.39, 0.29) is 11.9 Å². The van der Waals surface area contributed by atoms with Crippen LogP contribution in [-0.2, 0) is 16.1 Å². The van der Waals surface area contributed by atoms with Crippen LogP contribution >= 0.6 is 0 Å². The number of hydrogen-bond acceptors (Lipinski definition) is 2. The molecule has 1 saturated carbocycles. The minimum absolute atomic E-state index is 0.0225. The molecule has 0 bridgehead atoms. The van der Waals surface area contributed by atoms with Crippen molar-refractivity contribution < 1.29 is 9.53 Å². The summed E-state index contributed by atoms with van der Waals surface area (Å²) in [5.41, 5.74) is 1.06. The van der Waals surface area contributed by atoms with Gasteiger partial charge in [0, 0.05) is 0 Å². The Kier molecular flexibility index (Phi) is 3.05. The topological polar surface area (TPSA) is 26.3 Å². The molecule has 15 heavy (non-hydrogen) atoms. The lowest BCUT2D eigenvalue weighted by Crippen LogP contribution is -2.07. The monoisotopic (exact) mass is 204 g/mol. The second-order valence-electron chi connectivity index (χ2n) is 4.10. The average Bonchev–Trinajstić information content (AvgIpc) is 3.06. The van der Waals surface area contributed by atoms with Crippen molar-refractivity contribution in [2.75, 3.05) is 0 Å². The second-order valence-corrected chi connectivity index (χ2v) is 4.10. The number of hydrogen-bond donors (Lipinski definition) is 0. The van der Waals surface area contributed by atoms with E-state index in [1.165, 1.54) is 0 Å². The Morgan fingerprint density at radius 3 is 2.73 bits per heavy atom. The van der Waals surface area contributed by atoms with Crippen LogP contribution in [0, 0.1) is 11.8 Å². The minimum Gasteiger partial charge on any atom is -0.461 e. The number of ether oxygens (including phenoxy) is 1. The van der Waals surface area contributed by atoms with E-state index < -0.39 is 0 Å². The minimum atomic E-state index is -0.0225. The molecular weight excluding hydrogens is 188 g/mol. The van der Waals surface area contributed by atoms with Crippen molar-refractivity contribution in [2.45, 2.75) is 26.4 Å². The molecule has 0 radical (unpaired) electrons. The van der Waals surface area contributed by atoms with E-state index in [1.54, 1.807) is 0 Å². The van der Waals surface area contributed by atoms with Crippen LogP contribution in [0.15, 0.2) is 30.3 Å². The predicted molar refractivity (Wildman–Crippen MR) is 58.1 cm³/mol. The molecule has 2 nitrogen and oxygen atoms in total. The molecule has 0 aromatic heterocycles. The summed E-state index contributed by atoms with van der Waals surface area (Å²) < 4.78 is 5.25. The maximum Gasteiger partial charge on any atom is 0.309 e. The van der Waals surface area contributed by atoms with Gasteiger partial charge in [0.05, 0.1) is 5.92 Å². The third-order valence-corrected chi connectivity index (χ3v) is 2.97. The van der Waals surface area contributed by atoms with Gasteiger partial charge in [0.15, 0.2) is 0 Å². The van der Waals surface area contributed by atoms with Gasteiger partial charge in [-0.05, 0) is 17.9 Å². The molecule has 2 heteroatoms. The van der Waals surface area contributed by atoms with Gasteiger partial charge in [0.25, 0.3) is 0 Å². The first kappa shape index (κ1) is 10.2. The summed E-state index contributed by atoms with van der Waals surface area (Å²) >= 11 is 0. The van der Waals surface area contributed by atoms with Gasteiger partial charge >= 0.3 is 5.97 Å². The average molecular weight is 204 g/mol. The number of rotatable bonds is 4. The van der Waals surface area contributed by atoms with Gasteiger partial charge in [0.2, 0.25) is 0 Å². The zero-order valence-corrected chi connectivity index (χ0v) is 8.98. The van der Waals surface area contributed by atoms with Gasteiger partial charge in [0.1, 0.15) is 6.61 Å². The third kappa shape index (κ3) is 2.58. The van der Waals surface area contributed by atoms with E-state index >= 15 is 0 Å². The number of esters is 1. The maximum atomic E-state index is 11.5. The van der Waals surface area contributed by atoms with Crippen LogP contribution in [-0.4, -0.2) is 5.97 Å². The largest absolute Gasteiger partial charge is 0.461 e. The zero-order valence-electron chi connectivity index (χ0n) is 8.98. The van der Waals surface area contributed by atoms with E-state index in [0.29, 0.717) is 12.5 Å². The Bertz CT molecular complexity index is 332. The van der Waals surface area contributed by atoms with Crippen molar-refractivity contribution in [1.29, 1.82) is 0 Å². The first-order valence-electron chi connectivity index (χ1n) is 5.52. The Morgan fingerprint density at radius 1 is 1.40 bits per heavy atom. The molecule has 0 aliphatic heterocycles. The van der Waals surface area contributed by atoms with Crippen LogP contribution in [0.25, 0.3) is 0 Å². The molecule has 0 heterocycles. The van der Waals surface area contributed by atoms with Gasteiger partial charge in [-0.2, -0.15) is 0 Å². The predicted octanol–water partition coefficient (Wildman–Crippen LogP) is 2.78. The summed E-state index contributed by atoms with van der Waals surface area (Å²) in [7, 11) is 0. The van der Waals surface area contributed by atoms with Crippen LogP contribution < -0.4 is 0 Å². The first-order valence-corrected chi connectivity index (χ1v) is 5.52. The summed E-state index contributed by atoms with van der Waals surface area (Å²) in [6, 6.07) is 9.80. The van der Waals surface area contributed by atoms with Crippen molar-refractivity contribution in [3.05, 3.63) is 35.9 Å². The highest BCUT2D eigenvalue weighted by Gasteiger charge is 2.42. The number of benzene rings is 1. The lowest BCUT2D eigenvalue weighted by molar-refractivity contribution is -0.146. The molecule has 2 rings (SSSR count). The fourth-order valence-corrected chi connectivity index (χ4v) is 1.82. The van der Waals surface area contributed by atoms with Gasteiger partial charge in [-0.25, -0.2) is 0 Å². The second kappa shape index (κ2) is 4.47. The molecule has 80 valence electrons. The third-order valence-electron chi connectivity index (χ3n) is 2.97. The fraction of sp³-hybridized carbons (Fsp3) is 0.462. The van der Waals surface area contributed by atoms with E-state index in [4.69, 9.17) is 4.74 Å².